The zero-order valence-corrected chi connectivity index (χ0v) is 10.6. The lowest BCUT2D eigenvalue weighted by molar-refractivity contribution is -0.151. The minimum Gasteiger partial charge on any atom is -0.459 e. The maximum atomic E-state index is 11.4. The highest BCUT2D eigenvalue weighted by atomic mass is 32.2. The van der Waals surface area contributed by atoms with Crippen molar-refractivity contribution in [3.05, 3.63) is 0 Å². The summed E-state index contributed by atoms with van der Waals surface area (Å²) in [5.41, 5.74) is -0.374. The summed E-state index contributed by atoms with van der Waals surface area (Å²) in [6.45, 7) is 7.30. The molecule has 3 nitrogen and oxygen atoms in total. The van der Waals surface area contributed by atoms with Crippen LogP contribution in [0.25, 0.3) is 0 Å². The minimum absolute atomic E-state index is 0.127. The normalized spacial score (nSPS) is 22.5. The summed E-state index contributed by atoms with van der Waals surface area (Å²) >= 11 is 1.65. The largest absolute Gasteiger partial charge is 0.459 e. The van der Waals surface area contributed by atoms with E-state index in [-0.39, 0.29) is 11.6 Å². The SMILES string of the molecule is CC(C)(C)OC(=O)CSC1CCCOC1. The molecule has 15 heavy (non-hydrogen) atoms. The van der Waals surface area contributed by atoms with E-state index in [4.69, 9.17) is 9.47 Å². The summed E-state index contributed by atoms with van der Waals surface area (Å²) < 4.78 is 10.6. The molecular weight excluding hydrogens is 212 g/mol. The van der Waals surface area contributed by atoms with Crippen molar-refractivity contribution in [2.24, 2.45) is 0 Å². The number of esters is 1. The van der Waals surface area contributed by atoms with Crippen LogP contribution >= 0.6 is 11.8 Å². The van der Waals surface area contributed by atoms with Crippen LogP contribution in [0.5, 0.6) is 0 Å². The van der Waals surface area contributed by atoms with Crippen molar-refractivity contribution < 1.29 is 14.3 Å². The van der Waals surface area contributed by atoms with Gasteiger partial charge in [-0.1, -0.05) is 0 Å². The van der Waals surface area contributed by atoms with E-state index in [2.05, 4.69) is 0 Å². The predicted molar refractivity (Wildman–Crippen MR) is 62.1 cm³/mol. The lowest BCUT2D eigenvalue weighted by atomic mass is 10.2. The fourth-order valence-electron chi connectivity index (χ4n) is 1.40. The van der Waals surface area contributed by atoms with Crippen molar-refractivity contribution in [2.45, 2.75) is 44.5 Å². The van der Waals surface area contributed by atoms with Gasteiger partial charge in [0.15, 0.2) is 0 Å². The van der Waals surface area contributed by atoms with Crippen molar-refractivity contribution >= 4 is 17.7 Å². The Morgan fingerprint density at radius 3 is 2.80 bits per heavy atom. The second-order valence-electron chi connectivity index (χ2n) is 4.74. The molecule has 0 amide bonds. The lowest BCUT2D eigenvalue weighted by Gasteiger charge is -2.23. The molecule has 1 fully saturated rings. The maximum Gasteiger partial charge on any atom is 0.316 e. The van der Waals surface area contributed by atoms with Crippen LogP contribution in [0.15, 0.2) is 0 Å². The van der Waals surface area contributed by atoms with E-state index in [1.807, 2.05) is 20.8 Å². The molecular formula is C11H20O3S. The van der Waals surface area contributed by atoms with Gasteiger partial charge in [-0.3, -0.25) is 4.79 Å². The molecule has 1 atom stereocenters. The first kappa shape index (κ1) is 12.8. The molecule has 0 aromatic rings. The van der Waals surface area contributed by atoms with E-state index >= 15 is 0 Å². The molecule has 1 heterocycles. The Morgan fingerprint density at radius 1 is 1.53 bits per heavy atom. The average Bonchev–Trinajstić information content (AvgIpc) is 2.14. The zero-order valence-electron chi connectivity index (χ0n) is 9.75. The van der Waals surface area contributed by atoms with E-state index in [0.29, 0.717) is 11.0 Å². The summed E-state index contributed by atoms with van der Waals surface area (Å²) in [7, 11) is 0. The lowest BCUT2D eigenvalue weighted by Crippen LogP contribution is -2.26. The van der Waals surface area contributed by atoms with E-state index in [9.17, 15) is 4.79 Å². The van der Waals surface area contributed by atoms with Gasteiger partial charge in [-0.05, 0) is 33.6 Å². The Morgan fingerprint density at radius 2 is 2.27 bits per heavy atom. The molecule has 1 aliphatic rings. The Hall–Kier alpha value is -0.220. The topological polar surface area (TPSA) is 35.5 Å². The van der Waals surface area contributed by atoms with Crippen LogP contribution in [0.2, 0.25) is 0 Å². The van der Waals surface area contributed by atoms with Crippen LogP contribution in [-0.4, -0.2) is 35.8 Å². The first-order valence-corrected chi connectivity index (χ1v) is 6.43. The highest BCUT2D eigenvalue weighted by Gasteiger charge is 2.19. The molecule has 0 spiro atoms. The van der Waals surface area contributed by atoms with E-state index in [1.54, 1.807) is 11.8 Å². The van der Waals surface area contributed by atoms with Crippen molar-refractivity contribution in [2.75, 3.05) is 19.0 Å². The third-order valence-corrected chi connectivity index (χ3v) is 3.22. The quantitative estimate of drug-likeness (QED) is 0.699. The molecule has 1 saturated heterocycles. The van der Waals surface area contributed by atoms with Gasteiger partial charge < -0.3 is 9.47 Å². The van der Waals surface area contributed by atoms with Crippen molar-refractivity contribution in [3.63, 3.8) is 0 Å². The Labute approximate surface area is 95.9 Å². The van der Waals surface area contributed by atoms with E-state index < -0.39 is 0 Å². The Bertz CT molecular complexity index is 204. The first-order chi connectivity index (χ1) is 6.97. The maximum absolute atomic E-state index is 11.4. The van der Waals surface area contributed by atoms with Crippen LogP contribution in [0.3, 0.4) is 0 Å². The molecule has 88 valence electrons. The number of hydrogen-bond donors (Lipinski definition) is 0. The third-order valence-electron chi connectivity index (χ3n) is 1.98. The third kappa shape index (κ3) is 6.05. The molecule has 0 aliphatic carbocycles. The molecule has 1 rings (SSSR count). The van der Waals surface area contributed by atoms with Gasteiger partial charge in [0.05, 0.1) is 12.4 Å². The highest BCUT2D eigenvalue weighted by Crippen LogP contribution is 2.21. The summed E-state index contributed by atoms with van der Waals surface area (Å²) in [5.74, 6) is 0.309. The number of thioether (sulfide) groups is 1. The van der Waals surface area contributed by atoms with Gasteiger partial charge in [-0.2, -0.15) is 0 Å². The summed E-state index contributed by atoms with van der Waals surface area (Å²) in [6, 6.07) is 0. The van der Waals surface area contributed by atoms with Gasteiger partial charge in [-0.15, -0.1) is 11.8 Å². The van der Waals surface area contributed by atoms with E-state index in [1.165, 1.54) is 0 Å². The van der Waals surface area contributed by atoms with Crippen LogP contribution in [0.4, 0.5) is 0 Å². The van der Waals surface area contributed by atoms with Crippen molar-refractivity contribution in [1.29, 1.82) is 0 Å². The fraction of sp³-hybridized carbons (Fsp3) is 0.909. The summed E-state index contributed by atoms with van der Waals surface area (Å²) in [5, 5.41) is 0.464. The number of rotatable bonds is 3. The van der Waals surface area contributed by atoms with Crippen molar-refractivity contribution in [1.82, 2.24) is 0 Å². The van der Waals surface area contributed by atoms with Crippen LogP contribution in [-0.2, 0) is 14.3 Å². The van der Waals surface area contributed by atoms with Crippen LogP contribution in [0, 0.1) is 0 Å². The first-order valence-electron chi connectivity index (χ1n) is 5.38. The van der Waals surface area contributed by atoms with Crippen LogP contribution < -0.4 is 0 Å². The molecule has 0 bridgehead atoms. The second kappa shape index (κ2) is 5.75. The molecule has 1 unspecified atom stereocenters. The van der Waals surface area contributed by atoms with Gasteiger partial charge in [0, 0.05) is 11.9 Å². The number of hydrogen-bond acceptors (Lipinski definition) is 4. The molecule has 0 aromatic heterocycles. The van der Waals surface area contributed by atoms with Gasteiger partial charge in [0.25, 0.3) is 0 Å². The zero-order chi connectivity index (χ0) is 11.3. The van der Waals surface area contributed by atoms with Gasteiger partial charge >= 0.3 is 5.97 Å². The smallest absolute Gasteiger partial charge is 0.316 e. The monoisotopic (exact) mass is 232 g/mol. The summed E-state index contributed by atoms with van der Waals surface area (Å²) in [6.07, 6.45) is 2.25. The van der Waals surface area contributed by atoms with E-state index in [0.717, 1.165) is 26.1 Å². The summed E-state index contributed by atoms with van der Waals surface area (Å²) in [4.78, 5) is 11.4. The average molecular weight is 232 g/mol. The Balaban J connectivity index is 2.15. The standard InChI is InChI=1S/C11H20O3S/c1-11(2,3)14-10(12)8-15-9-5-4-6-13-7-9/h9H,4-8H2,1-3H3. The number of carbonyl (C=O) groups excluding carboxylic acids is 1. The highest BCUT2D eigenvalue weighted by molar-refractivity contribution is 8.00. The second-order valence-corrected chi connectivity index (χ2v) is 6.03. The Kier molecular flexibility index (Phi) is 4.93. The fourth-order valence-corrected chi connectivity index (χ4v) is 2.36. The predicted octanol–water partition coefficient (Wildman–Crippen LogP) is 2.24. The molecule has 4 heteroatoms. The molecule has 0 radical (unpaired) electrons. The van der Waals surface area contributed by atoms with Crippen molar-refractivity contribution in [3.8, 4) is 0 Å². The van der Waals surface area contributed by atoms with Gasteiger partial charge in [0.1, 0.15) is 5.60 Å². The number of ether oxygens (including phenoxy) is 2. The molecule has 0 N–H and O–H groups in total. The molecule has 1 aliphatic heterocycles. The minimum atomic E-state index is -0.374. The molecule has 0 aromatic carbocycles. The van der Waals surface area contributed by atoms with Crippen LogP contribution in [0.1, 0.15) is 33.6 Å². The molecule has 0 saturated carbocycles. The van der Waals surface area contributed by atoms with Gasteiger partial charge in [0.2, 0.25) is 0 Å². The number of carbonyl (C=O) groups is 1. The van der Waals surface area contributed by atoms with Gasteiger partial charge in [-0.25, -0.2) is 0 Å².